The van der Waals surface area contributed by atoms with Gasteiger partial charge < -0.3 is 20.1 Å². The Bertz CT molecular complexity index is 631. The summed E-state index contributed by atoms with van der Waals surface area (Å²) in [6, 6.07) is 0. The highest BCUT2D eigenvalue weighted by atomic mass is 32.2. The monoisotopic (exact) mass is 397 g/mol. The molecule has 2 fully saturated rings. The van der Waals surface area contributed by atoms with Crippen LogP contribution in [0.5, 0.6) is 0 Å². The Labute approximate surface area is 164 Å². The van der Waals surface area contributed by atoms with Gasteiger partial charge in [0.05, 0.1) is 7.11 Å². The third-order valence-electron chi connectivity index (χ3n) is 5.16. The zero-order valence-electron chi connectivity index (χ0n) is 16.5. The molecule has 7 nitrogen and oxygen atoms in total. The molecule has 0 bridgehead atoms. The normalized spacial score (nSPS) is 23.4. The van der Waals surface area contributed by atoms with Crippen LogP contribution in [0.1, 0.15) is 26.7 Å². The molecule has 0 aliphatic carbocycles. The Kier molecular flexibility index (Phi) is 8.07. The van der Waals surface area contributed by atoms with Gasteiger partial charge in [-0.1, -0.05) is 6.08 Å². The maximum atomic E-state index is 13.2. The molecule has 1 atom stereocenters. The standard InChI is InChI=1S/C19H31N3O4S/c1-4-16(6-7-17(5-2)25-3)21-10-12-22(13-11-21)27(24)19(18(20)23)8-14-26-15-9-19/h4-7H,8-15H2,1-3H3,(H2,20,23)/b7-6-,16-4-,17-5+. The lowest BCUT2D eigenvalue weighted by Crippen LogP contribution is -2.58. The Hall–Kier alpha value is -1.64. The van der Waals surface area contributed by atoms with E-state index in [0.29, 0.717) is 39.1 Å². The zero-order chi connectivity index (χ0) is 19.9. The van der Waals surface area contributed by atoms with Gasteiger partial charge in [-0.3, -0.25) is 4.79 Å². The smallest absolute Gasteiger partial charge is 0.237 e. The third-order valence-corrected chi connectivity index (χ3v) is 7.27. The molecule has 2 rings (SSSR count). The lowest BCUT2D eigenvalue weighted by molar-refractivity contribution is -0.122. The second-order valence-electron chi connectivity index (χ2n) is 6.58. The number of nitrogens with zero attached hydrogens (tertiary/aromatic N) is 2. The molecule has 0 aromatic carbocycles. The van der Waals surface area contributed by atoms with Crippen LogP contribution < -0.4 is 5.73 Å². The molecule has 1 amide bonds. The molecule has 2 aliphatic rings. The van der Waals surface area contributed by atoms with Gasteiger partial charge in [-0.15, -0.1) is 0 Å². The Morgan fingerprint density at radius 3 is 2.22 bits per heavy atom. The summed E-state index contributed by atoms with van der Waals surface area (Å²) in [6.45, 7) is 7.49. The van der Waals surface area contributed by atoms with Gasteiger partial charge in [-0.05, 0) is 44.9 Å². The zero-order valence-corrected chi connectivity index (χ0v) is 17.3. The van der Waals surface area contributed by atoms with Gasteiger partial charge in [0.25, 0.3) is 0 Å². The Morgan fingerprint density at radius 1 is 1.11 bits per heavy atom. The van der Waals surface area contributed by atoms with Gasteiger partial charge in [-0.25, -0.2) is 8.51 Å². The van der Waals surface area contributed by atoms with E-state index in [4.69, 9.17) is 15.2 Å². The van der Waals surface area contributed by atoms with Crippen molar-refractivity contribution in [2.75, 3.05) is 46.5 Å². The minimum Gasteiger partial charge on any atom is -0.497 e. The van der Waals surface area contributed by atoms with Crippen molar-refractivity contribution in [3.8, 4) is 0 Å². The van der Waals surface area contributed by atoms with Crippen molar-refractivity contribution >= 4 is 16.9 Å². The molecule has 2 aliphatic heterocycles. The van der Waals surface area contributed by atoms with Crippen LogP contribution in [0.2, 0.25) is 0 Å². The highest BCUT2D eigenvalue weighted by Gasteiger charge is 2.47. The number of rotatable bonds is 7. The van der Waals surface area contributed by atoms with Crippen LogP contribution in [-0.4, -0.2) is 70.6 Å². The van der Waals surface area contributed by atoms with Crippen LogP contribution in [0.25, 0.3) is 0 Å². The molecule has 0 radical (unpaired) electrons. The van der Waals surface area contributed by atoms with Crippen LogP contribution in [0.15, 0.2) is 35.8 Å². The average molecular weight is 398 g/mol. The minimum atomic E-state index is -1.44. The molecule has 0 aromatic heterocycles. The van der Waals surface area contributed by atoms with Crippen molar-refractivity contribution < 1.29 is 18.5 Å². The van der Waals surface area contributed by atoms with Crippen molar-refractivity contribution in [3.05, 3.63) is 35.8 Å². The summed E-state index contributed by atoms with van der Waals surface area (Å²) >= 11 is 0. The summed E-state index contributed by atoms with van der Waals surface area (Å²) in [7, 11) is 0.207. The SMILES string of the molecule is C/C=C(/C=C\C(=C/C)OC)N1CCN(S(=O)C2(C(N)=O)CCOCC2)CC1. The second-order valence-corrected chi connectivity index (χ2v) is 8.37. The van der Waals surface area contributed by atoms with E-state index < -0.39 is 21.6 Å². The first-order chi connectivity index (χ1) is 13.0. The lowest BCUT2D eigenvalue weighted by Gasteiger charge is -2.41. The number of methoxy groups -OCH3 is 1. The number of allylic oxidation sites excluding steroid dienone is 4. The van der Waals surface area contributed by atoms with Crippen molar-refractivity contribution in [1.29, 1.82) is 0 Å². The van der Waals surface area contributed by atoms with E-state index in [1.54, 1.807) is 7.11 Å². The second kappa shape index (κ2) is 10.1. The van der Waals surface area contributed by atoms with E-state index in [-0.39, 0.29) is 0 Å². The largest absolute Gasteiger partial charge is 0.497 e. The first-order valence-corrected chi connectivity index (χ1v) is 10.4. The van der Waals surface area contributed by atoms with Crippen LogP contribution >= 0.6 is 0 Å². The molecule has 2 saturated heterocycles. The number of piperazine rings is 1. The van der Waals surface area contributed by atoms with Crippen LogP contribution in [-0.2, 0) is 25.3 Å². The van der Waals surface area contributed by atoms with E-state index in [9.17, 15) is 9.00 Å². The van der Waals surface area contributed by atoms with Crippen LogP contribution in [0.3, 0.4) is 0 Å². The fourth-order valence-corrected chi connectivity index (χ4v) is 5.08. The van der Waals surface area contributed by atoms with Crippen LogP contribution in [0, 0.1) is 0 Å². The molecule has 0 saturated carbocycles. The number of nitrogens with two attached hydrogens (primary N) is 1. The molecule has 2 N–H and O–H groups in total. The number of ether oxygens (including phenoxy) is 2. The summed E-state index contributed by atoms with van der Waals surface area (Å²) in [4.78, 5) is 14.3. The number of primary amides is 1. The number of hydrogen-bond donors (Lipinski definition) is 1. The summed E-state index contributed by atoms with van der Waals surface area (Å²) < 4.78 is 24.7. The Balaban J connectivity index is 2.01. The number of carbonyl (C=O) groups excluding carboxylic acids is 1. The summed E-state index contributed by atoms with van der Waals surface area (Å²) in [5, 5.41) is 0. The lowest BCUT2D eigenvalue weighted by atomic mass is 9.98. The molecular weight excluding hydrogens is 366 g/mol. The van der Waals surface area contributed by atoms with Gasteiger partial charge >= 0.3 is 0 Å². The van der Waals surface area contributed by atoms with Crippen molar-refractivity contribution in [3.63, 3.8) is 0 Å². The quantitative estimate of drug-likeness (QED) is 0.517. The molecule has 2 heterocycles. The van der Waals surface area contributed by atoms with Gasteiger partial charge in [0.15, 0.2) is 0 Å². The maximum absolute atomic E-state index is 13.2. The minimum absolute atomic E-state index is 0.418. The number of amides is 1. The van der Waals surface area contributed by atoms with E-state index in [2.05, 4.69) is 11.0 Å². The van der Waals surface area contributed by atoms with Crippen LogP contribution in [0.4, 0.5) is 0 Å². The van der Waals surface area contributed by atoms with E-state index in [1.807, 2.05) is 36.4 Å². The topological polar surface area (TPSA) is 85.1 Å². The third kappa shape index (κ3) is 5.00. The molecule has 0 aromatic rings. The fourth-order valence-electron chi connectivity index (χ4n) is 3.40. The molecule has 152 valence electrons. The van der Waals surface area contributed by atoms with E-state index in [0.717, 1.165) is 24.5 Å². The molecule has 27 heavy (non-hydrogen) atoms. The summed E-state index contributed by atoms with van der Waals surface area (Å²) in [5.74, 6) is 0.319. The number of hydrogen-bond acceptors (Lipinski definition) is 5. The summed E-state index contributed by atoms with van der Waals surface area (Å²) in [6.07, 6.45) is 8.75. The predicted molar refractivity (Wildman–Crippen MR) is 107 cm³/mol. The molecule has 8 heteroatoms. The Morgan fingerprint density at radius 2 is 1.74 bits per heavy atom. The predicted octanol–water partition coefficient (Wildman–Crippen LogP) is 1.31. The first-order valence-electron chi connectivity index (χ1n) is 9.32. The van der Waals surface area contributed by atoms with Crippen molar-refractivity contribution in [1.82, 2.24) is 9.21 Å². The van der Waals surface area contributed by atoms with Gasteiger partial charge in [0.2, 0.25) is 5.91 Å². The van der Waals surface area contributed by atoms with Crippen molar-refractivity contribution in [2.45, 2.75) is 31.4 Å². The molecular formula is C19H31N3O4S. The van der Waals surface area contributed by atoms with Gasteiger partial charge in [0, 0.05) is 45.1 Å². The van der Waals surface area contributed by atoms with Gasteiger partial charge in [0.1, 0.15) is 21.5 Å². The molecule has 1 unspecified atom stereocenters. The average Bonchev–Trinajstić information content (AvgIpc) is 2.71. The van der Waals surface area contributed by atoms with Gasteiger partial charge in [-0.2, -0.15) is 0 Å². The first kappa shape index (κ1) is 21.7. The maximum Gasteiger partial charge on any atom is 0.237 e. The number of carbonyl (C=O) groups is 1. The highest BCUT2D eigenvalue weighted by Crippen LogP contribution is 2.30. The van der Waals surface area contributed by atoms with E-state index >= 15 is 0 Å². The molecule has 0 spiro atoms. The highest BCUT2D eigenvalue weighted by molar-refractivity contribution is 7.85. The summed E-state index contributed by atoms with van der Waals surface area (Å²) in [5.41, 5.74) is 6.73. The van der Waals surface area contributed by atoms with Crippen molar-refractivity contribution in [2.24, 2.45) is 5.73 Å². The fraction of sp³-hybridized carbons (Fsp3) is 0.632. The van der Waals surface area contributed by atoms with E-state index in [1.165, 1.54) is 0 Å².